The monoisotopic (exact) mass is 234 g/mol. The Morgan fingerprint density at radius 1 is 1.50 bits per heavy atom. The standard InChI is InChI=1S/C6H3Cl2NO2.HN3/c7-4-1-3(6(10)11)2-5(8)9-4;1-3-2/h1-2H,(H,10,11);1H. The molecule has 0 aliphatic rings. The predicted molar refractivity (Wildman–Crippen MR) is 50.7 cm³/mol. The van der Waals surface area contributed by atoms with Crippen LogP contribution in [0.5, 0.6) is 0 Å². The van der Waals surface area contributed by atoms with Gasteiger partial charge in [0, 0.05) is 0 Å². The van der Waals surface area contributed by atoms with Crippen molar-refractivity contribution in [3.63, 3.8) is 0 Å². The van der Waals surface area contributed by atoms with Crippen molar-refractivity contribution in [1.29, 1.82) is 5.53 Å². The zero-order valence-electron chi connectivity index (χ0n) is 6.61. The van der Waals surface area contributed by atoms with Crippen LogP contribution in [0.4, 0.5) is 0 Å². The molecular formula is C6H4Cl2N4O2. The topological polar surface area (TPSA) is 110 Å². The van der Waals surface area contributed by atoms with Gasteiger partial charge in [-0.1, -0.05) is 23.2 Å². The number of hydrogen-bond acceptors (Lipinski definition) is 3. The van der Waals surface area contributed by atoms with Crippen LogP contribution in [-0.4, -0.2) is 16.1 Å². The van der Waals surface area contributed by atoms with E-state index in [1.54, 1.807) is 4.91 Å². The Hall–Kier alpha value is -1.49. The highest BCUT2D eigenvalue weighted by Crippen LogP contribution is 2.14. The molecule has 0 unspecified atom stereocenters. The molecule has 0 aliphatic heterocycles. The second-order valence-corrected chi connectivity index (χ2v) is 2.68. The van der Waals surface area contributed by atoms with Crippen molar-refractivity contribution in [2.75, 3.05) is 0 Å². The number of carboxylic acid groups (broad SMARTS) is 1. The highest BCUT2D eigenvalue weighted by atomic mass is 35.5. The molecule has 0 radical (unpaired) electrons. The van der Waals surface area contributed by atoms with Gasteiger partial charge in [0.05, 0.1) is 5.56 Å². The molecule has 1 heterocycles. The average molecular weight is 235 g/mol. The number of aromatic nitrogens is 1. The molecule has 74 valence electrons. The first kappa shape index (κ1) is 12.5. The molecule has 0 spiro atoms. The summed E-state index contributed by atoms with van der Waals surface area (Å²) < 4.78 is 0. The van der Waals surface area contributed by atoms with Crippen LogP contribution in [0.2, 0.25) is 10.3 Å². The van der Waals surface area contributed by atoms with E-state index in [0.29, 0.717) is 0 Å². The molecule has 0 saturated carbocycles. The molecule has 2 N–H and O–H groups in total. The number of carbonyl (C=O) groups is 1. The van der Waals surface area contributed by atoms with E-state index in [0.717, 1.165) is 0 Å². The minimum absolute atomic E-state index is 0.0370. The largest absolute Gasteiger partial charge is 0.478 e. The number of aromatic carboxylic acids is 1. The van der Waals surface area contributed by atoms with Crippen molar-refractivity contribution >= 4 is 29.2 Å². The predicted octanol–water partition coefficient (Wildman–Crippen LogP) is 2.96. The molecular weight excluding hydrogens is 231 g/mol. The van der Waals surface area contributed by atoms with E-state index in [1.165, 1.54) is 12.1 Å². The first-order valence-corrected chi connectivity index (χ1v) is 3.84. The Morgan fingerprint density at radius 3 is 2.14 bits per heavy atom. The number of pyridine rings is 1. The zero-order valence-corrected chi connectivity index (χ0v) is 8.12. The van der Waals surface area contributed by atoms with Crippen molar-refractivity contribution in [2.45, 2.75) is 0 Å². The molecule has 1 aromatic heterocycles. The first-order chi connectivity index (χ1) is 6.51. The van der Waals surface area contributed by atoms with Gasteiger partial charge in [0.15, 0.2) is 0 Å². The van der Waals surface area contributed by atoms with Crippen LogP contribution in [0.15, 0.2) is 12.1 Å². The fraction of sp³-hybridized carbons (Fsp3) is 0. The molecule has 14 heavy (non-hydrogen) atoms. The van der Waals surface area contributed by atoms with Gasteiger partial charge in [-0.15, -0.1) is 5.53 Å². The Bertz CT molecular complexity index is 356. The molecule has 0 saturated heterocycles. The van der Waals surface area contributed by atoms with Crippen LogP contribution in [0.1, 0.15) is 10.4 Å². The van der Waals surface area contributed by atoms with Gasteiger partial charge in [0.2, 0.25) is 0 Å². The normalized spacial score (nSPS) is 8.14. The van der Waals surface area contributed by atoms with Crippen LogP contribution in [0.3, 0.4) is 0 Å². The number of carboxylic acids is 1. The fourth-order valence-electron chi connectivity index (χ4n) is 0.588. The number of rotatable bonds is 1. The van der Waals surface area contributed by atoms with Crippen molar-refractivity contribution < 1.29 is 9.90 Å². The number of hydrogen-bond donors (Lipinski definition) is 2. The van der Waals surface area contributed by atoms with Crippen molar-refractivity contribution in [3.8, 4) is 0 Å². The van der Waals surface area contributed by atoms with Gasteiger partial charge in [0.1, 0.15) is 10.3 Å². The lowest BCUT2D eigenvalue weighted by Gasteiger charge is -1.94. The fourth-order valence-corrected chi connectivity index (χ4v) is 1.05. The lowest BCUT2D eigenvalue weighted by Crippen LogP contribution is -1.96. The van der Waals surface area contributed by atoms with E-state index in [9.17, 15) is 4.79 Å². The van der Waals surface area contributed by atoms with E-state index in [2.05, 4.69) is 4.98 Å². The molecule has 0 atom stereocenters. The smallest absolute Gasteiger partial charge is 0.335 e. The summed E-state index contributed by atoms with van der Waals surface area (Å²) >= 11 is 10.9. The van der Waals surface area contributed by atoms with Crippen LogP contribution in [0.25, 0.3) is 10.4 Å². The second-order valence-electron chi connectivity index (χ2n) is 1.91. The summed E-state index contributed by atoms with van der Waals surface area (Å²) in [7, 11) is 0. The number of nitrogens with zero attached hydrogens (tertiary/aromatic N) is 3. The SMILES string of the molecule is O=C(O)c1cc(Cl)nc(Cl)c1.[N-]=[N+]=N. The molecule has 0 amide bonds. The Morgan fingerprint density at radius 2 is 1.86 bits per heavy atom. The highest BCUT2D eigenvalue weighted by molar-refractivity contribution is 6.32. The molecule has 8 heteroatoms. The molecule has 0 aliphatic carbocycles. The van der Waals surface area contributed by atoms with Crippen LogP contribution < -0.4 is 0 Å². The Labute approximate surface area is 88.5 Å². The molecule has 0 fully saturated rings. The lowest BCUT2D eigenvalue weighted by atomic mass is 10.3. The van der Waals surface area contributed by atoms with Crippen molar-refractivity contribution in [2.24, 2.45) is 0 Å². The third-order valence-electron chi connectivity index (χ3n) is 1.01. The van der Waals surface area contributed by atoms with Gasteiger partial charge in [-0.25, -0.2) is 9.78 Å². The van der Waals surface area contributed by atoms with Gasteiger partial charge in [0.25, 0.3) is 0 Å². The maximum atomic E-state index is 10.4. The molecule has 1 rings (SSSR count). The van der Waals surface area contributed by atoms with E-state index in [4.69, 9.17) is 39.4 Å². The van der Waals surface area contributed by atoms with Crippen molar-refractivity contribution in [1.82, 2.24) is 4.98 Å². The summed E-state index contributed by atoms with van der Waals surface area (Å²) in [6, 6.07) is 2.46. The molecule has 0 aromatic carbocycles. The lowest BCUT2D eigenvalue weighted by molar-refractivity contribution is 0.0696. The van der Waals surface area contributed by atoms with Gasteiger partial charge < -0.3 is 5.11 Å². The van der Waals surface area contributed by atoms with Gasteiger partial charge >= 0.3 is 5.97 Å². The van der Waals surface area contributed by atoms with E-state index in [-0.39, 0.29) is 15.9 Å². The average Bonchev–Trinajstić information content (AvgIpc) is 2.03. The van der Waals surface area contributed by atoms with Gasteiger partial charge in [-0.2, -0.15) is 0 Å². The Balaban J connectivity index is 0.000000500. The summed E-state index contributed by atoms with van der Waals surface area (Å²) in [5.74, 6) is -1.07. The third kappa shape index (κ3) is 4.51. The van der Waals surface area contributed by atoms with E-state index < -0.39 is 5.97 Å². The maximum absolute atomic E-state index is 10.4. The summed E-state index contributed by atoms with van der Waals surface area (Å²) in [6.07, 6.45) is 0. The summed E-state index contributed by atoms with van der Waals surface area (Å²) in [5.41, 5.74) is 12.3. The van der Waals surface area contributed by atoms with Crippen LogP contribution in [-0.2, 0) is 0 Å². The van der Waals surface area contributed by atoms with Gasteiger partial charge in [-0.3, -0.25) is 0 Å². The maximum Gasteiger partial charge on any atom is 0.335 e. The van der Waals surface area contributed by atoms with E-state index in [1.807, 2.05) is 0 Å². The minimum Gasteiger partial charge on any atom is -0.478 e. The Kier molecular flexibility index (Phi) is 5.40. The minimum atomic E-state index is -1.07. The third-order valence-corrected chi connectivity index (χ3v) is 1.40. The van der Waals surface area contributed by atoms with Gasteiger partial charge in [-0.05, 0) is 22.6 Å². The van der Waals surface area contributed by atoms with Crippen LogP contribution in [0, 0.1) is 5.53 Å². The zero-order chi connectivity index (χ0) is 11.1. The summed E-state index contributed by atoms with van der Waals surface area (Å²) in [5, 5.41) is 8.65. The molecule has 1 aromatic rings. The molecule has 6 nitrogen and oxygen atoms in total. The highest BCUT2D eigenvalue weighted by Gasteiger charge is 2.05. The first-order valence-electron chi connectivity index (χ1n) is 3.08. The second kappa shape index (κ2) is 6.04. The quantitative estimate of drug-likeness (QED) is 0.337. The molecule has 0 bridgehead atoms. The summed E-state index contributed by atoms with van der Waals surface area (Å²) in [4.78, 5) is 15.7. The number of nitrogens with one attached hydrogen (secondary N) is 1. The summed E-state index contributed by atoms with van der Waals surface area (Å²) in [6.45, 7) is 0. The van der Waals surface area contributed by atoms with Crippen molar-refractivity contribution in [3.05, 3.63) is 38.4 Å². The van der Waals surface area contributed by atoms with Crippen LogP contribution >= 0.6 is 23.2 Å². The number of halogens is 2. The van der Waals surface area contributed by atoms with E-state index >= 15 is 0 Å².